The van der Waals surface area contributed by atoms with E-state index in [-0.39, 0.29) is 5.56 Å². The summed E-state index contributed by atoms with van der Waals surface area (Å²) >= 11 is 1.42. The summed E-state index contributed by atoms with van der Waals surface area (Å²) in [6, 6.07) is 11.5. The van der Waals surface area contributed by atoms with Crippen molar-refractivity contribution in [3.8, 4) is 5.69 Å². The topological polar surface area (TPSA) is 60.7 Å². The molecular formula is C18H14N4OS. The first kappa shape index (κ1) is 13.8. The zero-order valence-electron chi connectivity index (χ0n) is 12.9. The molecule has 0 aliphatic heterocycles. The highest BCUT2D eigenvalue weighted by Gasteiger charge is 2.18. The summed E-state index contributed by atoms with van der Waals surface area (Å²) in [5.41, 5.74) is 3.74. The fraction of sp³-hybridized carbons (Fsp3) is 0.222. The van der Waals surface area contributed by atoms with Gasteiger partial charge in [0, 0.05) is 11.1 Å². The van der Waals surface area contributed by atoms with E-state index in [1.54, 1.807) is 0 Å². The fourth-order valence-corrected chi connectivity index (χ4v) is 4.37. The van der Waals surface area contributed by atoms with Crippen molar-refractivity contribution in [3.05, 3.63) is 58.0 Å². The molecule has 6 heteroatoms. The molecular weight excluding hydrogens is 320 g/mol. The van der Waals surface area contributed by atoms with Crippen molar-refractivity contribution in [2.24, 2.45) is 0 Å². The minimum absolute atomic E-state index is 0.132. The molecule has 1 aromatic carbocycles. The number of hydrogen-bond acceptors (Lipinski definition) is 5. The summed E-state index contributed by atoms with van der Waals surface area (Å²) in [7, 11) is 0. The van der Waals surface area contributed by atoms with Crippen LogP contribution in [0, 0.1) is 0 Å². The largest absolute Gasteiger partial charge is 0.292 e. The van der Waals surface area contributed by atoms with E-state index in [0.717, 1.165) is 28.7 Å². The predicted octanol–water partition coefficient (Wildman–Crippen LogP) is 3.27. The molecule has 5 nitrogen and oxygen atoms in total. The van der Waals surface area contributed by atoms with E-state index in [4.69, 9.17) is 4.98 Å². The molecule has 0 atom stereocenters. The lowest BCUT2D eigenvalue weighted by molar-refractivity contribution is 0.671. The van der Waals surface area contributed by atoms with E-state index in [1.807, 2.05) is 30.3 Å². The van der Waals surface area contributed by atoms with Gasteiger partial charge in [0.25, 0.3) is 5.56 Å². The van der Waals surface area contributed by atoms with Crippen molar-refractivity contribution in [2.45, 2.75) is 25.7 Å². The Bertz CT molecular complexity index is 1130. The lowest BCUT2D eigenvalue weighted by Crippen LogP contribution is -2.21. The maximum Gasteiger partial charge on any atom is 0.292 e. The molecule has 0 N–H and O–H groups in total. The molecule has 0 saturated heterocycles. The molecule has 5 rings (SSSR count). The highest BCUT2D eigenvalue weighted by atomic mass is 32.1. The van der Waals surface area contributed by atoms with Crippen molar-refractivity contribution in [1.29, 1.82) is 0 Å². The van der Waals surface area contributed by atoms with Crippen LogP contribution in [-0.2, 0) is 12.8 Å². The van der Waals surface area contributed by atoms with Crippen LogP contribution >= 0.6 is 11.3 Å². The van der Waals surface area contributed by atoms with Gasteiger partial charge in [-0.25, -0.2) is 4.98 Å². The third kappa shape index (κ3) is 1.99. The molecule has 0 amide bonds. The molecule has 4 aromatic rings. The van der Waals surface area contributed by atoms with Gasteiger partial charge in [0.1, 0.15) is 15.0 Å². The number of nitrogens with zero attached hydrogens (tertiary/aromatic N) is 4. The molecule has 0 fully saturated rings. The van der Waals surface area contributed by atoms with E-state index < -0.39 is 0 Å². The summed E-state index contributed by atoms with van der Waals surface area (Å²) in [6.45, 7) is 0. The number of thiophene rings is 1. The summed E-state index contributed by atoms with van der Waals surface area (Å²) in [6.07, 6.45) is 4.48. The van der Waals surface area contributed by atoms with E-state index in [9.17, 15) is 4.79 Å². The van der Waals surface area contributed by atoms with Crippen LogP contribution < -0.4 is 5.56 Å². The molecule has 0 bridgehead atoms. The van der Waals surface area contributed by atoms with Gasteiger partial charge in [-0.2, -0.15) is 4.68 Å². The second-order valence-corrected chi connectivity index (χ2v) is 7.07. The van der Waals surface area contributed by atoms with Crippen LogP contribution in [0.2, 0.25) is 0 Å². The first-order valence-electron chi connectivity index (χ1n) is 8.08. The average molecular weight is 334 g/mol. The number of aromatic nitrogens is 4. The van der Waals surface area contributed by atoms with Crippen LogP contribution in [0.5, 0.6) is 0 Å². The van der Waals surface area contributed by atoms with Crippen molar-refractivity contribution in [2.75, 3.05) is 0 Å². The molecule has 1 aliphatic carbocycles. The van der Waals surface area contributed by atoms with Crippen molar-refractivity contribution in [3.63, 3.8) is 0 Å². The minimum atomic E-state index is -0.132. The summed E-state index contributed by atoms with van der Waals surface area (Å²) in [5.74, 6) is 0. The number of fused-ring (bicyclic) bond motifs is 4. The average Bonchev–Trinajstić information content (AvgIpc) is 2.99. The van der Waals surface area contributed by atoms with E-state index in [2.05, 4.69) is 16.4 Å². The molecule has 1 aliphatic rings. The Balaban J connectivity index is 1.80. The summed E-state index contributed by atoms with van der Waals surface area (Å²) in [4.78, 5) is 18.6. The summed E-state index contributed by atoms with van der Waals surface area (Å²) < 4.78 is 1.98. The van der Waals surface area contributed by atoms with Gasteiger partial charge in [-0.15, -0.1) is 16.4 Å². The van der Waals surface area contributed by atoms with Crippen molar-refractivity contribution in [1.82, 2.24) is 20.0 Å². The van der Waals surface area contributed by atoms with Gasteiger partial charge in [-0.05, 0) is 49.4 Å². The quantitative estimate of drug-likeness (QED) is 0.536. The lowest BCUT2D eigenvalue weighted by atomic mass is 9.95. The van der Waals surface area contributed by atoms with E-state index in [0.29, 0.717) is 10.2 Å². The maximum absolute atomic E-state index is 12.9. The number of rotatable bonds is 1. The minimum Gasteiger partial charge on any atom is -0.266 e. The van der Waals surface area contributed by atoms with Crippen molar-refractivity contribution < 1.29 is 0 Å². The van der Waals surface area contributed by atoms with Gasteiger partial charge in [-0.3, -0.25) is 4.79 Å². The third-order valence-corrected chi connectivity index (χ3v) is 5.63. The molecule has 118 valence electrons. The molecule has 0 radical (unpaired) electrons. The Morgan fingerprint density at radius 3 is 2.79 bits per heavy atom. The Morgan fingerprint density at radius 2 is 1.92 bits per heavy atom. The number of para-hydroxylation sites is 1. The van der Waals surface area contributed by atoms with Gasteiger partial charge in [-0.1, -0.05) is 23.4 Å². The number of hydrogen-bond donors (Lipinski definition) is 0. The second-order valence-electron chi connectivity index (χ2n) is 6.08. The van der Waals surface area contributed by atoms with Gasteiger partial charge in [0.05, 0.1) is 5.69 Å². The normalized spacial score (nSPS) is 14.2. The van der Waals surface area contributed by atoms with Gasteiger partial charge in [0.2, 0.25) is 0 Å². The zero-order valence-corrected chi connectivity index (χ0v) is 13.7. The standard InChI is InChI=1S/C18H14N4OS/c23-18-16-15(20-21-22(18)12-7-2-1-3-8-12)13-10-11-6-4-5-9-14(11)19-17(13)24-16/h1-3,7-8,10H,4-6,9H2. The molecule has 24 heavy (non-hydrogen) atoms. The maximum atomic E-state index is 12.9. The van der Waals surface area contributed by atoms with E-state index >= 15 is 0 Å². The smallest absolute Gasteiger partial charge is 0.266 e. The van der Waals surface area contributed by atoms with Gasteiger partial charge >= 0.3 is 0 Å². The Hall–Kier alpha value is -2.60. The Morgan fingerprint density at radius 1 is 1.08 bits per heavy atom. The SMILES string of the molecule is O=c1c2sc3nc4c(cc3c2nnn1-c1ccccc1)CCCC4. The monoisotopic (exact) mass is 334 g/mol. The van der Waals surface area contributed by atoms with Crippen LogP contribution in [0.1, 0.15) is 24.1 Å². The molecule has 0 unspecified atom stereocenters. The van der Waals surface area contributed by atoms with Gasteiger partial charge in [0.15, 0.2) is 0 Å². The molecule has 3 heterocycles. The van der Waals surface area contributed by atoms with Crippen molar-refractivity contribution >= 4 is 31.8 Å². The molecule has 0 spiro atoms. The Kier molecular flexibility index (Phi) is 2.99. The second kappa shape index (κ2) is 5.21. The number of benzene rings is 1. The first-order valence-corrected chi connectivity index (χ1v) is 8.89. The highest BCUT2D eigenvalue weighted by Crippen LogP contribution is 2.32. The zero-order chi connectivity index (χ0) is 16.1. The van der Waals surface area contributed by atoms with Crippen LogP contribution in [-0.4, -0.2) is 20.0 Å². The number of pyridine rings is 1. The lowest BCUT2D eigenvalue weighted by Gasteiger charge is -2.13. The van der Waals surface area contributed by atoms with Crippen LogP contribution in [0.15, 0.2) is 41.2 Å². The molecule has 0 saturated carbocycles. The molecule has 3 aromatic heterocycles. The first-order chi connectivity index (χ1) is 11.8. The highest BCUT2D eigenvalue weighted by molar-refractivity contribution is 7.25. The summed E-state index contributed by atoms with van der Waals surface area (Å²) in [5, 5.41) is 9.44. The van der Waals surface area contributed by atoms with Crippen LogP contribution in [0.3, 0.4) is 0 Å². The van der Waals surface area contributed by atoms with Crippen LogP contribution in [0.4, 0.5) is 0 Å². The number of aryl methyl sites for hydroxylation is 2. The van der Waals surface area contributed by atoms with Crippen LogP contribution in [0.25, 0.3) is 26.1 Å². The Labute approximate surface area is 141 Å². The fourth-order valence-electron chi connectivity index (χ4n) is 3.34. The van der Waals surface area contributed by atoms with Gasteiger partial charge < -0.3 is 0 Å². The third-order valence-electron chi connectivity index (χ3n) is 4.56. The predicted molar refractivity (Wildman–Crippen MR) is 95.0 cm³/mol. The van der Waals surface area contributed by atoms with E-state index in [1.165, 1.54) is 40.1 Å².